The molecule has 1 rings (SSSR count). The second-order valence-corrected chi connectivity index (χ2v) is 4.27. The molecule has 0 spiro atoms. The van der Waals surface area contributed by atoms with Gasteiger partial charge in [0.25, 0.3) is 0 Å². The number of hydrogen-bond donors (Lipinski definition) is 1. The Bertz CT molecular complexity index is 366. The average molecular weight is 246 g/mol. The third-order valence-electron chi connectivity index (χ3n) is 2.25. The van der Waals surface area contributed by atoms with E-state index in [1.807, 2.05) is 13.8 Å². The van der Waals surface area contributed by atoms with Crippen LogP contribution in [0.2, 0.25) is 10.0 Å². The summed E-state index contributed by atoms with van der Waals surface area (Å²) in [6.07, 6.45) is 0.803. The summed E-state index contributed by atoms with van der Waals surface area (Å²) in [6, 6.07) is 5.00. The summed E-state index contributed by atoms with van der Waals surface area (Å²) in [4.78, 5) is 11.6. The smallest absolute Gasteiger partial charge is 0.227 e. The minimum absolute atomic E-state index is 0.0169. The van der Waals surface area contributed by atoms with Gasteiger partial charge in [0.15, 0.2) is 0 Å². The van der Waals surface area contributed by atoms with E-state index in [1.54, 1.807) is 18.2 Å². The van der Waals surface area contributed by atoms with Crippen molar-refractivity contribution in [2.75, 3.05) is 5.32 Å². The standard InChI is InChI=1S/C11H13Cl2NO/c1-3-7(2)11(15)14-10-5-4-8(12)6-9(10)13/h4-7H,3H2,1-2H3,(H,14,15). The summed E-state index contributed by atoms with van der Waals surface area (Å²) in [5.41, 5.74) is 0.603. The van der Waals surface area contributed by atoms with Gasteiger partial charge in [0.1, 0.15) is 0 Å². The molecule has 0 fully saturated rings. The summed E-state index contributed by atoms with van der Waals surface area (Å²) in [6.45, 7) is 3.84. The van der Waals surface area contributed by atoms with E-state index in [0.717, 1.165) is 6.42 Å². The Hall–Kier alpha value is -0.730. The first kappa shape index (κ1) is 12.3. The lowest BCUT2D eigenvalue weighted by Crippen LogP contribution is -2.19. The normalized spacial score (nSPS) is 12.3. The van der Waals surface area contributed by atoms with Crippen LogP contribution in [0.15, 0.2) is 18.2 Å². The first-order valence-electron chi connectivity index (χ1n) is 4.80. The van der Waals surface area contributed by atoms with E-state index < -0.39 is 0 Å². The summed E-state index contributed by atoms with van der Waals surface area (Å²) in [5.74, 6) is -0.0431. The molecule has 82 valence electrons. The molecule has 0 radical (unpaired) electrons. The highest BCUT2D eigenvalue weighted by Gasteiger charge is 2.12. The molecule has 1 unspecified atom stereocenters. The van der Waals surface area contributed by atoms with Crippen LogP contribution in [-0.2, 0) is 4.79 Å². The fraction of sp³-hybridized carbons (Fsp3) is 0.364. The fourth-order valence-electron chi connectivity index (χ4n) is 1.03. The van der Waals surface area contributed by atoms with Crippen LogP contribution < -0.4 is 5.32 Å². The van der Waals surface area contributed by atoms with Crippen molar-refractivity contribution in [2.24, 2.45) is 5.92 Å². The van der Waals surface area contributed by atoms with Crippen molar-refractivity contribution < 1.29 is 4.79 Å². The average Bonchev–Trinajstić information content (AvgIpc) is 2.20. The third kappa shape index (κ3) is 3.40. The highest BCUT2D eigenvalue weighted by molar-refractivity contribution is 6.36. The van der Waals surface area contributed by atoms with Crippen LogP contribution in [0.3, 0.4) is 0 Å². The van der Waals surface area contributed by atoms with Crippen molar-refractivity contribution in [1.82, 2.24) is 0 Å². The topological polar surface area (TPSA) is 29.1 Å². The second kappa shape index (κ2) is 5.38. The first-order chi connectivity index (χ1) is 7.04. The zero-order chi connectivity index (χ0) is 11.4. The molecule has 0 aliphatic heterocycles. The highest BCUT2D eigenvalue weighted by Crippen LogP contribution is 2.25. The van der Waals surface area contributed by atoms with Crippen LogP contribution in [0.5, 0.6) is 0 Å². The molecular formula is C11H13Cl2NO. The van der Waals surface area contributed by atoms with Gasteiger partial charge in [0.05, 0.1) is 10.7 Å². The number of carbonyl (C=O) groups excluding carboxylic acids is 1. The molecule has 0 saturated carbocycles. The molecule has 0 aromatic heterocycles. The van der Waals surface area contributed by atoms with Gasteiger partial charge in [-0.25, -0.2) is 0 Å². The number of anilines is 1. The minimum Gasteiger partial charge on any atom is -0.325 e. The first-order valence-corrected chi connectivity index (χ1v) is 5.56. The van der Waals surface area contributed by atoms with E-state index in [2.05, 4.69) is 5.32 Å². The van der Waals surface area contributed by atoms with E-state index in [1.165, 1.54) is 0 Å². The quantitative estimate of drug-likeness (QED) is 0.858. The van der Waals surface area contributed by atoms with Crippen LogP contribution >= 0.6 is 23.2 Å². The van der Waals surface area contributed by atoms with Crippen LogP contribution in [0.25, 0.3) is 0 Å². The van der Waals surface area contributed by atoms with E-state index >= 15 is 0 Å². The van der Waals surface area contributed by atoms with Crippen LogP contribution in [0, 0.1) is 5.92 Å². The molecule has 0 bridgehead atoms. The lowest BCUT2D eigenvalue weighted by molar-refractivity contribution is -0.119. The van der Waals surface area contributed by atoms with Gasteiger partial charge in [-0.1, -0.05) is 37.0 Å². The summed E-state index contributed by atoms with van der Waals surface area (Å²) < 4.78 is 0. The Morgan fingerprint density at radius 1 is 1.47 bits per heavy atom. The number of carbonyl (C=O) groups is 1. The van der Waals surface area contributed by atoms with E-state index in [4.69, 9.17) is 23.2 Å². The molecule has 0 aliphatic rings. The monoisotopic (exact) mass is 245 g/mol. The third-order valence-corrected chi connectivity index (χ3v) is 2.80. The number of nitrogens with one attached hydrogen (secondary N) is 1. The van der Waals surface area contributed by atoms with Crippen molar-refractivity contribution >= 4 is 34.8 Å². The van der Waals surface area contributed by atoms with Crippen LogP contribution in [0.1, 0.15) is 20.3 Å². The lowest BCUT2D eigenvalue weighted by atomic mass is 10.1. The number of amides is 1. The predicted octanol–water partition coefficient (Wildman–Crippen LogP) is 3.98. The Balaban J connectivity index is 2.77. The summed E-state index contributed by atoms with van der Waals surface area (Å²) >= 11 is 11.7. The molecule has 2 nitrogen and oxygen atoms in total. The molecule has 4 heteroatoms. The molecule has 1 aromatic carbocycles. The number of benzene rings is 1. The molecule has 1 N–H and O–H groups in total. The largest absolute Gasteiger partial charge is 0.325 e. The predicted molar refractivity (Wildman–Crippen MR) is 64.5 cm³/mol. The van der Waals surface area contributed by atoms with Crippen molar-refractivity contribution in [3.8, 4) is 0 Å². The highest BCUT2D eigenvalue weighted by atomic mass is 35.5. The second-order valence-electron chi connectivity index (χ2n) is 3.42. The van der Waals surface area contributed by atoms with Crippen LogP contribution in [0.4, 0.5) is 5.69 Å². The van der Waals surface area contributed by atoms with E-state index in [0.29, 0.717) is 15.7 Å². The molecule has 0 heterocycles. The molecule has 1 amide bonds. The maximum Gasteiger partial charge on any atom is 0.227 e. The van der Waals surface area contributed by atoms with Crippen molar-refractivity contribution in [3.05, 3.63) is 28.2 Å². The fourth-order valence-corrected chi connectivity index (χ4v) is 1.49. The van der Waals surface area contributed by atoms with Gasteiger partial charge in [0, 0.05) is 10.9 Å². The molecule has 15 heavy (non-hydrogen) atoms. The van der Waals surface area contributed by atoms with Gasteiger partial charge < -0.3 is 5.32 Å². The van der Waals surface area contributed by atoms with Gasteiger partial charge in [-0.05, 0) is 24.6 Å². The van der Waals surface area contributed by atoms with Crippen molar-refractivity contribution in [3.63, 3.8) is 0 Å². The van der Waals surface area contributed by atoms with Gasteiger partial charge in [-0.3, -0.25) is 4.79 Å². The van der Waals surface area contributed by atoms with Crippen molar-refractivity contribution in [1.29, 1.82) is 0 Å². The number of rotatable bonds is 3. The lowest BCUT2D eigenvalue weighted by Gasteiger charge is -2.11. The molecular weight excluding hydrogens is 233 g/mol. The van der Waals surface area contributed by atoms with E-state index in [9.17, 15) is 4.79 Å². The van der Waals surface area contributed by atoms with Gasteiger partial charge >= 0.3 is 0 Å². The Kier molecular flexibility index (Phi) is 4.43. The Morgan fingerprint density at radius 3 is 2.67 bits per heavy atom. The zero-order valence-electron chi connectivity index (χ0n) is 8.68. The van der Waals surface area contributed by atoms with Gasteiger partial charge in [0.2, 0.25) is 5.91 Å². The maximum atomic E-state index is 11.6. The SMILES string of the molecule is CCC(C)C(=O)Nc1ccc(Cl)cc1Cl. The summed E-state index contributed by atoms with van der Waals surface area (Å²) in [5, 5.41) is 3.77. The van der Waals surface area contributed by atoms with Gasteiger partial charge in [-0.2, -0.15) is 0 Å². The zero-order valence-corrected chi connectivity index (χ0v) is 10.2. The van der Waals surface area contributed by atoms with Crippen molar-refractivity contribution in [2.45, 2.75) is 20.3 Å². The van der Waals surface area contributed by atoms with Gasteiger partial charge in [-0.15, -0.1) is 0 Å². The van der Waals surface area contributed by atoms with Crippen LogP contribution in [-0.4, -0.2) is 5.91 Å². The number of halogens is 2. The number of hydrogen-bond acceptors (Lipinski definition) is 1. The van der Waals surface area contributed by atoms with E-state index in [-0.39, 0.29) is 11.8 Å². The Morgan fingerprint density at radius 2 is 2.13 bits per heavy atom. The molecule has 1 aromatic rings. The minimum atomic E-state index is -0.0262. The molecule has 0 saturated heterocycles. The Labute approximate surface area is 99.6 Å². The molecule has 0 aliphatic carbocycles. The molecule has 1 atom stereocenters. The maximum absolute atomic E-state index is 11.6. The summed E-state index contributed by atoms with van der Waals surface area (Å²) in [7, 11) is 0.